The first-order chi connectivity index (χ1) is 13.1. The monoisotopic (exact) mass is 363 g/mol. The molecular weight excluding hydrogens is 342 g/mol. The zero-order valence-electron chi connectivity index (χ0n) is 14.9. The van der Waals surface area contributed by atoms with E-state index in [9.17, 15) is 14.4 Å². The number of carbonyl (C=O) groups is 3. The lowest BCUT2D eigenvalue weighted by Gasteiger charge is -2.33. The predicted molar refractivity (Wildman–Crippen MR) is 99.6 cm³/mol. The van der Waals surface area contributed by atoms with Crippen LogP contribution in [0.1, 0.15) is 29.5 Å². The molecule has 1 fully saturated rings. The first-order valence-corrected chi connectivity index (χ1v) is 9.13. The Labute approximate surface area is 157 Å². The van der Waals surface area contributed by atoms with Gasteiger partial charge in [-0.15, -0.1) is 0 Å². The van der Waals surface area contributed by atoms with Gasteiger partial charge in [0.05, 0.1) is 0 Å². The van der Waals surface area contributed by atoms with Crippen molar-refractivity contribution in [3.63, 3.8) is 0 Å². The Bertz CT molecular complexity index is 897. The summed E-state index contributed by atoms with van der Waals surface area (Å²) in [5, 5.41) is 5.63. The third-order valence-corrected chi connectivity index (χ3v) is 5.28. The number of hydrogen-bond acceptors (Lipinski definition) is 3. The van der Waals surface area contributed by atoms with Crippen molar-refractivity contribution in [2.45, 2.75) is 31.3 Å². The molecule has 6 heteroatoms. The number of fused-ring (bicyclic) bond motifs is 2. The smallest absolute Gasteiger partial charge is 0.325 e. The van der Waals surface area contributed by atoms with E-state index in [4.69, 9.17) is 0 Å². The molecule has 27 heavy (non-hydrogen) atoms. The van der Waals surface area contributed by atoms with E-state index in [1.165, 1.54) is 0 Å². The molecule has 0 bridgehead atoms. The van der Waals surface area contributed by atoms with E-state index >= 15 is 0 Å². The van der Waals surface area contributed by atoms with Crippen LogP contribution in [0.15, 0.2) is 54.6 Å². The van der Waals surface area contributed by atoms with Crippen LogP contribution in [0, 0.1) is 0 Å². The normalized spacial score (nSPS) is 21.1. The lowest BCUT2D eigenvalue weighted by Crippen LogP contribution is -2.47. The van der Waals surface area contributed by atoms with Gasteiger partial charge in [0.15, 0.2) is 0 Å². The van der Waals surface area contributed by atoms with Crippen LogP contribution >= 0.6 is 0 Å². The summed E-state index contributed by atoms with van der Waals surface area (Å²) < 4.78 is 0. The first kappa shape index (κ1) is 17.3. The van der Waals surface area contributed by atoms with Crippen molar-refractivity contribution in [2.24, 2.45) is 0 Å². The number of benzene rings is 2. The van der Waals surface area contributed by atoms with Gasteiger partial charge in [0, 0.05) is 6.54 Å². The fourth-order valence-corrected chi connectivity index (χ4v) is 3.95. The summed E-state index contributed by atoms with van der Waals surface area (Å²) in [6.45, 7) is 0.0821. The Morgan fingerprint density at radius 2 is 1.81 bits per heavy atom. The summed E-state index contributed by atoms with van der Waals surface area (Å²) in [4.78, 5) is 38.9. The molecule has 1 aliphatic heterocycles. The first-order valence-electron chi connectivity index (χ1n) is 9.13. The van der Waals surface area contributed by atoms with E-state index in [1.807, 2.05) is 54.6 Å². The van der Waals surface area contributed by atoms with Crippen LogP contribution in [0.2, 0.25) is 0 Å². The molecule has 2 aliphatic rings. The quantitative estimate of drug-likeness (QED) is 0.817. The molecule has 2 aromatic rings. The van der Waals surface area contributed by atoms with Crippen LogP contribution in [0.5, 0.6) is 0 Å². The molecule has 138 valence electrons. The van der Waals surface area contributed by atoms with Gasteiger partial charge in [-0.1, -0.05) is 54.6 Å². The molecule has 6 nitrogen and oxygen atoms in total. The van der Waals surface area contributed by atoms with Gasteiger partial charge in [0.1, 0.15) is 12.1 Å². The van der Waals surface area contributed by atoms with E-state index < -0.39 is 11.6 Å². The number of nitrogens with one attached hydrogen (secondary N) is 2. The topological polar surface area (TPSA) is 78.5 Å². The maximum Gasteiger partial charge on any atom is 0.325 e. The highest BCUT2D eigenvalue weighted by Crippen LogP contribution is 2.39. The van der Waals surface area contributed by atoms with Crippen LogP contribution < -0.4 is 10.6 Å². The van der Waals surface area contributed by atoms with Crippen LogP contribution in [-0.2, 0) is 28.1 Å². The Balaban J connectivity index is 1.48. The van der Waals surface area contributed by atoms with Gasteiger partial charge in [0.25, 0.3) is 5.91 Å². The van der Waals surface area contributed by atoms with Crippen LogP contribution in [-0.4, -0.2) is 29.3 Å². The van der Waals surface area contributed by atoms with Gasteiger partial charge in [-0.3, -0.25) is 14.5 Å². The summed E-state index contributed by atoms with van der Waals surface area (Å²) in [5.74, 6) is -0.696. The molecule has 0 aromatic heterocycles. The zero-order valence-corrected chi connectivity index (χ0v) is 14.9. The molecular formula is C21H21N3O3. The van der Waals surface area contributed by atoms with Gasteiger partial charge >= 0.3 is 6.03 Å². The molecule has 1 aliphatic carbocycles. The predicted octanol–water partition coefficient (Wildman–Crippen LogP) is 2.09. The Kier molecular flexibility index (Phi) is 4.39. The van der Waals surface area contributed by atoms with Crippen molar-refractivity contribution in [2.75, 3.05) is 6.54 Å². The lowest BCUT2D eigenvalue weighted by molar-refractivity contribution is -0.135. The maximum absolute atomic E-state index is 13.1. The van der Waals surface area contributed by atoms with E-state index in [1.54, 1.807) is 0 Å². The minimum atomic E-state index is -1.04. The second-order valence-electron chi connectivity index (χ2n) is 7.00. The Morgan fingerprint density at radius 1 is 1.07 bits per heavy atom. The summed E-state index contributed by atoms with van der Waals surface area (Å²) in [6.07, 6.45) is 2.26. The Hall–Kier alpha value is -3.15. The van der Waals surface area contributed by atoms with Gasteiger partial charge < -0.3 is 10.6 Å². The average molecular weight is 363 g/mol. The second kappa shape index (κ2) is 6.87. The van der Waals surface area contributed by atoms with Gasteiger partial charge in [0.2, 0.25) is 5.91 Å². The third kappa shape index (κ3) is 3.07. The molecule has 4 rings (SSSR count). The standard InChI is InChI=1S/C21H21N3O3/c25-18(22-13-15-7-2-1-3-8-15)14-24-19(26)21(23-20(24)27)12-6-10-16-9-4-5-11-17(16)21/h1-5,7-9,11H,6,10,12-14H2,(H,22,25)(H,23,27)/t21-/m0/s1. The zero-order chi connectivity index (χ0) is 18.9. The SMILES string of the molecule is O=C(CN1C(=O)N[C@]2(CCCc3ccccc32)C1=O)NCc1ccccc1. The molecule has 1 saturated heterocycles. The number of imide groups is 1. The fraction of sp³-hybridized carbons (Fsp3) is 0.286. The van der Waals surface area contributed by atoms with E-state index in [0.717, 1.165) is 34.4 Å². The number of aryl methyl sites for hydroxylation is 1. The molecule has 1 spiro atoms. The second-order valence-corrected chi connectivity index (χ2v) is 7.00. The van der Waals surface area contributed by atoms with Crippen LogP contribution in [0.4, 0.5) is 4.79 Å². The summed E-state index contributed by atoms with van der Waals surface area (Å²) in [5.41, 5.74) is 1.85. The molecule has 1 heterocycles. The number of rotatable bonds is 4. The molecule has 0 unspecified atom stereocenters. The average Bonchev–Trinajstić information content (AvgIpc) is 2.92. The fourth-order valence-electron chi connectivity index (χ4n) is 3.95. The van der Waals surface area contributed by atoms with Gasteiger partial charge in [-0.25, -0.2) is 4.79 Å². The highest BCUT2D eigenvalue weighted by molar-refractivity contribution is 6.09. The molecule has 4 amide bonds. The summed E-state index contributed by atoms with van der Waals surface area (Å²) in [6, 6.07) is 16.7. The van der Waals surface area contributed by atoms with Crippen LogP contribution in [0.3, 0.4) is 0 Å². The number of nitrogens with zero attached hydrogens (tertiary/aromatic N) is 1. The largest absolute Gasteiger partial charge is 0.350 e. The highest BCUT2D eigenvalue weighted by atomic mass is 16.2. The van der Waals surface area contributed by atoms with Gasteiger partial charge in [-0.2, -0.15) is 0 Å². The van der Waals surface area contributed by atoms with Crippen molar-refractivity contribution < 1.29 is 14.4 Å². The van der Waals surface area contributed by atoms with Gasteiger partial charge in [-0.05, 0) is 36.0 Å². The number of urea groups is 1. The van der Waals surface area contributed by atoms with Crippen molar-refractivity contribution >= 4 is 17.8 Å². The molecule has 2 N–H and O–H groups in total. The molecule has 0 radical (unpaired) electrons. The number of amides is 4. The van der Waals surface area contributed by atoms with E-state index in [0.29, 0.717) is 13.0 Å². The van der Waals surface area contributed by atoms with Crippen molar-refractivity contribution in [3.8, 4) is 0 Å². The van der Waals surface area contributed by atoms with Crippen molar-refractivity contribution in [1.82, 2.24) is 15.5 Å². The number of hydrogen-bond donors (Lipinski definition) is 2. The van der Waals surface area contributed by atoms with Crippen LogP contribution in [0.25, 0.3) is 0 Å². The van der Waals surface area contributed by atoms with E-state index in [-0.39, 0.29) is 18.4 Å². The summed E-state index contributed by atoms with van der Waals surface area (Å²) >= 11 is 0. The lowest BCUT2D eigenvalue weighted by atomic mass is 9.76. The third-order valence-electron chi connectivity index (χ3n) is 5.28. The molecule has 1 atom stereocenters. The molecule has 2 aromatic carbocycles. The number of carbonyl (C=O) groups excluding carboxylic acids is 3. The van der Waals surface area contributed by atoms with Crippen molar-refractivity contribution in [1.29, 1.82) is 0 Å². The highest BCUT2D eigenvalue weighted by Gasteiger charge is 2.54. The van der Waals surface area contributed by atoms with E-state index in [2.05, 4.69) is 10.6 Å². The molecule has 0 saturated carbocycles. The summed E-state index contributed by atoms with van der Waals surface area (Å²) in [7, 11) is 0. The minimum Gasteiger partial charge on any atom is -0.350 e. The minimum absolute atomic E-state index is 0.276. The Morgan fingerprint density at radius 3 is 2.63 bits per heavy atom. The maximum atomic E-state index is 13.1. The van der Waals surface area contributed by atoms with Crippen molar-refractivity contribution in [3.05, 3.63) is 71.3 Å².